The fraction of sp³-hybridized carbons (Fsp3) is 0.529. The number of amides is 2. The van der Waals surface area contributed by atoms with Crippen molar-refractivity contribution in [2.24, 2.45) is 5.92 Å². The molecule has 2 aliphatic heterocycles. The number of benzene rings is 1. The Bertz CT molecular complexity index is 842. The van der Waals surface area contributed by atoms with Gasteiger partial charge in [-0.15, -0.1) is 0 Å². The van der Waals surface area contributed by atoms with Gasteiger partial charge in [-0.2, -0.15) is 0 Å². The Morgan fingerprint density at radius 1 is 1.42 bits per heavy atom. The van der Waals surface area contributed by atoms with Crippen molar-refractivity contribution in [3.8, 4) is 0 Å². The van der Waals surface area contributed by atoms with Gasteiger partial charge in [0, 0.05) is 38.7 Å². The van der Waals surface area contributed by atoms with E-state index in [1.165, 1.54) is 17.0 Å². The van der Waals surface area contributed by atoms with Crippen LogP contribution < -0.4 is 0 Å². The molecule has 1 fully saturated rings. The molecule has 0 unspecified atom stereocenters. The number of nitrogens with zero attached hydrogens (tertiary/aromatic N) is 2. The molecule has 1 saturated heterocycles. The van der Waals surface area contributed by atoms with Crippen molar-refractivity contribution in [1.29, 1.82) is 0 Å². The number of carbonyl (C=O) groups is 2. The Kier molecular flexibility index (Phi) is 5.28. The molecule has 142 valence electrons. The molecule has 1 aromatic rings. The maximum Gasteiger partial charge on any atom is 0.228 e. The third-order valence-corrected chi connectivity index (χ3v) is 7.02. The largest absolute Gasteiger partial charge is 0.383 e. The van der Waals surface area contributed by atoms with Crippen LogP contribution >= 0.6 is 11.6 Å². The van der Waals surface area contributed by atoms with Gasteiger partial charge in [0.2, 0.25) is 11.8 Å². The Labute approximate surface area is 157 Å². The lowest BCUT2D eigenvalue weighted by molar-refractivity contribution is -0.136. The third-order valence-electron chi connectivity index (χ3n) is 4.99. The summed E-state index contributed by atoms with van der Waals surface area (Å²) < 4.78 is 29.8. The number of hydrogen-bond acceptors (Lipinski definition) is 5. The first-order chi connectivity index (χ1) is 12.2. The molecule has 0 spiro atoms. The first-order valence-corrected chi connectivity index (χ1v) is 10.3. The first kappa shape index (κ1) is 19.1. The van der Waals surface area contributed by atoms with Gasteiger partial charge >= 0.3 is 0 Å². The minimum Gasteiger partial charge on any atom is -0.383 e. The SMILES string of the molecule is COCCN1C[C@@H](C(=O)N(C)[C@@H]2CS(=O)(=O)c3ccc(Cl)cc32)CC1=O. The zero-order valence-corrected chi connectivity index (χ0v) is 16.2. The lowest BCUT2D eigenvalue weighted by Crippen LogP contribution is -2.38. The predicted octanol–water partition coefficient (Wildman–Crippen LogP) is 1.12. The third kappa shape index (κ3) is 3.45. The number of halogens is 1. The predicted molar refractivity (Wildman–Crippen MR) is 95.6 cm³/mol. The molecule has 0 radical (unpaired) electrons. The van der Waals surface area contributed by atoms with E-state index in [1.54, 1.807) is 25.1 Å². The summed E-state index contributed by atoms with van der Waals surface area (Å²) in [5.74, 6) is -0.961. The van der Waals surface area contributed by atoms with Gasteiger partial charge < -0.3 is 14.5 Å². The summed E-state index contributed by atoms with van der Waals surface area (Å²) in [6.07, 6.45) is 0.134. The van der Waals surface area contributed by atoms with Crippen LogP contribution in [0, 0.1) is 5.92 Å². The molecule has 0 aromatic heterocycles. The van der Waals surface area contributed by atoms with Crippen molar-refractivity contribution in [3.63, 3.8) is 0 Å². The molecule has 0 N–H and O–H groups in total. The van der Waals surface area contributed by atoms with Gasteiger partial charge in [0.1, 0.15) is 0 Å². The van der Waals surface area contributed by atoms with Gasteiger partial charge in [0.15, 0.2) is 9.84 Å². The van der Waals surface area contributed by atoms with Gasteiger partial charge in [-0.05, 0) is 23.8 Å². The van der Waals surface area contributed by atoms with Crippen LogP contribution in [0.3, 0.4) is 0 Å². The van der Waals surface area contributed by atoms with E-state index in [4.69, 9.17) is 16.3 Å². The zero-order chi connectivity index (χ0) is 19.1. The van der Waals surface area contributed by atoms with Crippen LogP contribution in [0.2, 0.25) is 5.02 Å². The molecule has 2 heterocycles. The smallest absolute Gasteiger partial charge is 0.228 e. The Morgan fingerprint density at radius 2 is 2.15 bits per heavy atom. The number of methoxy groups -OCH3 is 1. The summed E-state index contributed by atoms with van der Waals surface area (Å²) in [4.78, 5) is 28.2. The maximum absolute atomic E-state index is 12.9. The van der Waals surface area contributed by atoms with Crippen LogP contribution in [-0.4, -0.2) is 69.6 Å². The molecule has 1 aromatic carbocycles. The van der Waals surface area contributed by atoms with Gasteiger partial charge in [-0.25, -0.2) is 8.42 Å². The number of carbonyl (C=O) groups excluding carboxylic acids is 2. The van der Waals surface area contributed by atoms with E-state index in [0.29, 0.717) is 30.3 Å². The molecular formula is C17H21ClN2O5S. The first-order valence-electron chi connectivity index (χ1n) is 8.30. The standard InChI is InChI=1S/C17H21ClN2O5S/c1-19(17(22)11-7-16(21)20(9-11)5-6-25-2)14-10-26(23,24)15-4-3-12(18)8-13(14)15/h3-4,8,11,14H,5-7,9-10H2,1-2H3/t11-,14+/m0/s1. The molecule has 2 aliphatic rings. The second-order valence-electron chi connectivity index (χ2n) is 6.66. The lowest BCUT2D eigenvalue weighted by atomic mass is 10.0. The molecule has 2 atom stereocenters. The van der Waals surface area contributed by atoms with Crippen molar-refractivity contribution < 1.29 is 22.7 Å². The van der Waals surface area contributed by atoms with Crippen LogP contribution in [0.5, 0.6) is 0 Å². The second-order valence-corrected chi connectivity index (χ2v) is 9.10. The summed E-state index contributed by atoms with van der Waals surface area (Å²) >= 11 is 6.02. The molecule has 0 bridgehead atoms. The number of rotatable bonds is 5. The van der Waals surface area contributed by atoms with E-state index < -0.39 is 21.8 Å². The molecule has 3 rings (SSSR count). The van der Waals surface area contributed by atoms with Crippen molar-refractivity contribution in [1.82, 2.24) is 9.80 Å². The van der Waals surface area contributed by atoms with E-state index >= 15 is 0 Å². The van der Waals surface area contributed by atoms with Gasteiger partial charge in [0.25, 0.3) is 0 Å². The second kappa shape index (κ2) is 7.17. The molecule has 2 amide bonds. The summed E-state index contributed by atoms with van der Waals surface area (Å²) in [7, 11) is -0.314. The Hall–Kier alpha value is -1.64. The average molecular weight is 401 g/mol. The summed E-state index contributed by atoms with van der Waals surface area (Å²) in [5, 5.41) is 0.425. The highest BCUT2D eigenvalue weighted by Crippen LogP contribution is 2.39. The van der Waals surface area contributed by atoms with Crippen molar-refractivity contribution in [3.05, 3.63) is 28.8 Å². The summed E-state index contributed by atoms with van der Waals surface area (Å²) in [6, 6.07) is 4.02. The van der Waals surface area contributed by atoms with Crippen molar-refractivity contribution in [2.75, 3.05) is 39.6 Å². The monoisotopic (exact) mass is 400 g/mol. The van der Waals surface area contributed by atoms with E-state index in [1.807, 2.05) is 0 Å². The van der Waals surface area contributed by atoms with Crippen LogP contribution in [0.1, 0.15) is 18.0 Å². The number of ether oxygens (including phenoxy) is 1. The lowest BCUT2D eigenvalue weighted by Gasteiger charge is -2.27. The van der Waals surface area contributed by atoms with Crippen molar-refractivity contribution in [2.45, 2.75) is 17.4 Å². The molecule has 0 aliphatic carbocycles. The van der Waals surface area contributed by atoms with E-state index in [-0.39, 0.29) is 28.9 Å². The molecule has 9 heteroatoms. The fourth-order valence-electron chi connectivity index (χ4n) is 3.57. The molecular weight excluding hydrogens is 380 g/mol. The van der Waals surface area contributed by atoms with Crippen molar-refractivity contribution >= 4 is 33.3 Å². The highest BCUT2D eigenvalue weighted by molar-refractivity contribution is 7.91. The summed E-state index contributed by atoms with van der Waals surface area (Å²) in [6.45, 7) is 1.18. The quantitative estimate of drug-likeness (QED) is 0.739. The minimum atomic E-state index is -3.45. The average Bonchev–Trinajstić information content (AvgIpc) is 3.08. The topological polar surface area (TPSA) is 84.0 Å². The van der Waals surface area contributed by atoms with Crippen LogP contribution in [0.15, 0.2) is 23.1 Å². The molecule has 7 nitrogen and oxygen atoms in total. The Morgan fingerprint density at radius 3 is 2.85 bits per heavy atom. The highest BCUT2D eigenvalue weighted by atomic mass is 35.5. The number of fused-ring (bicyclic) bond motifs is 1. The van der Waals surface area contributed by atoms with Crippen LogP contribution in [-0.2, 0) is 24.2 Å². The van der Waals surface area contributed by atoms with E-state index in [0.717, 1.165) is 0 Å². The van der Waals surface area contributed by atoms with E-state index in [2.05, 4.69) is 0 Å². The van der Waals surface area contributed by atoms with E-state index in [9.17, 15) is 18.0 Å². The highest BCUT2D eigenvalue weighted by Gasteiger charge is 2.42. The Balaban J connectivity index is 1.78. The van der Waals surface area contributed by atoms with Crippen LogP contribution in [0.4, 0.5) is 0 Å². The molecule has 26 heavy (non-hydrogen) atoms. The van der Waals surface area contributed by atoms with Gasteiger partial charge in [0.05, 0.1) is 29.2 Å². The summed E-state index contributed by atoms with van der Waals surface area (Å²) in [5.41, 5.74) is 0.536. The zero-order valence-electron chi connectivity index (χ0n) is 14.6. The normalized spacial score (nSPS) is 24.0. The van der Waals surface area contributed by atoms with Gasteiger partial charge in [-0.1, -0.05) is 11.6 Å². The maximum atomic E-state index is 12.9. The molecule has 0 saturated carbocycles. The number of hydrogen-bond donors (Lipinski definition) is 0. The van der Waals surface area contributed by atoms with Gasteiger partial charge in [-0.3, -0.25) is 9.59 Å². The van der Waals surface area contributed by atoms with Crippen LogP contribution in [0.25, 0.3) is 0 Å². The minimum absolute atomic E-state index is 0.0868. The number of sulfone groups is 1. The number of likely N-dealkylation sites (tertiary alicyclic amines) is 1. The fourth-order valence-corrected chi connectivity index (χ4v) is 5.58.